The lowest BCUT2D eigenvalue weighted by Gasteiger charge is -2.31. The van der Waals surface area contributed by atoms with Crippen LogP contribution in [0.25, 0.3) is 0 Å². The van der Waals surface area contributed by atoms with E-state index in [1.165, 1.54) is 0 Å². The van der Waals surface area contributed by atoms with Gasteiger partial charge in [0.05, 0.1) is 6.07 Å². The SMILES string of the molecule is CN(C)c1ccc(C(=O)NC2(C#N)CCCCC2)cc1. The van der Waals surface area contributed by atoms with E-state index in [0.29, 0.717) is 5.56 Å². The van der Waals surface area contributed by atoms with Gasteiger partial charge in [-0.25, -0.2) is 0 Å². The molecule has 1 aromatic rings. The topological polar surface area (TPSA) is 56.1 Å². The number of carbonyl (C=O) groups is 1. The van der Waals surface area contributed by atoms with Crippen LogP contribution in [0.5, 0.6) is 0 Å². The summed E-state index contributed by atoms with van der Waals surface area (Å²) in [6, 6.07) is 9.74. The first-order valence-corrected chi connectivity index (χ1v) is 7.07. The van der Waals surface area contributed by atoms with Crippen LogP contribution in [0.2, 0.25) is 0 Å². The second-order valence-corrected chi connectivity index (χ2v) is 5.65. The number of rotatable bonds is 3. The van der Waals surface area contributed by atoms with Gasteiger partial charge in [-0.05, 0) is 37.1 Å². The molecule has 1 aromatic carbocycles. The van der Waals surface area contributed by atoms with Crippen LogP contribution in [0.15, 0.2) is 24.3 Å². The van der Waals surface area contributed by atoms with Gasteiger partial charge in [0.15, 0.2) is 0 Å². The van der Waals surface area contributed by atoms with Gasteiger partial charge in [-0.3, -0.25) is 4.79 Å². The van der Waals surface area contributed by atoms with Crippen molar-refractivity contribution in [3.63, 3.8) is 0 Å². The van der Waals surface area contributed by atoms with E-state index in [2.05, 4.69) is 11.4 Å². The van der Waals surface area contributed by atoms with Gasteiger partial charge in [0.25, 0.3) is 5.91 Å². The van der Waals surface area contributed by atoms with Crippen LogP contribution < -0.4 is 10.2 Å². The maximum Gasteiger partial charge on any atom is 0.252 e. The van der Waals surface area contributed by atoms with E-state index < -0.39 is 5.54 Å². The predicted octanol–water partition coefficient (Wildman–Crippen LogP) is 2.71. The van der Waals surface area contributed by atoms with Crippen LogP contribution in [0.3, 0.4) is 0 Å². The number of nitrogens with zero attached hydrogens (tertiary/aromatic N) is 2. The minimum atomic E-state index is -0.671. The van der Waals surface area contributed by atoms with Crippen LogP contribution >= 0.6 is 0 Å². The van der Waals surface area contributed by atoms with Gasteiger partial charge in [-0.15, -0.1) is 0 Å². The maximum absolute atomic E-state index is 12.3. The van der Waals surface area contributed by atoms with Crippen molar-refractivity contribution in [2.24, 2.45) is 0 Å². The standard InChI is InChI=1S/C16H21N3O/c1-19(2)14-8-6-13(7-9-14)15(20)18-16(12-17)10-4-3-5-11-16/h6-9H,3-5,10-11H2,1-2H3,(H,18,20). The first-order chi connectivity index (χ1) is 9.56. The van der Waals surface area contributed by atoms with Crippen LogP contribution in [-0.4, -0.2) is 25.5 Å². The average molecular weight is 271 g/mol. The summed E-state index contributed by atoms with van der Waals surface area (Å²) in [5.41, 5.74) is 0.986. The average Bonchev–Trinajstić information content (AvgIpc) is 2.48. The fraction of sp³-hybridized carbons (Fsp3) is 0.500. The van der Waals surface area contributed by atoms with E-state index in [9.17, 15) is 10.1 Å². The number of nitriles is 1. The van der Waals surface area contributed by atoms with Gasteiger partial charge >= 0.3 is 0 Å². The quantitative estimate of drug-likeness (QED) is 0.919. The van der Waals surface area contributed by atoms with Crippen molar-refractivity contribution in [1.29, 1.82) is 5.26 Å². The van der Waals surface area contributed by atoms with Gasteiger partial charge in [-0.1, -0.05) is 19.3 Å². The highest BCUT2D eigenvalue weighted by Gasteiger charge is 2.33. The molecule has 0 aromatic heterocycles. The van der Waals surface area contributed by atoms with Crippen LogP contribution in [0.4, 0.5) is 5.69 Å². The Morgan fingerprint density at radius 3 is 2.30 bits per heavy atom. The van der Waals surface area contributed by atoms with Crippen LogP contribution in [-0.2, 0) is 0 Å². The highest BCUT2D eigenvalue weighted by Crippen LogP contribution is 2.28. The van der Waals surface area contributed by atoms with Gasteiger partial charge in [0, 0.05) is 25.3 Å². The lowest BCUT2D eigenvalue weighted by Crippen LogP contribution is -2.48. The van der Waals surface area contributed by atoms with Crippen molar-refractivity contribution < 1.29 is 4.79 Å². The monoisotopic (exact) mass is 271 g/mol. The number of nitrogens with one attached hydrogen (secondary N) is 1. The molecule has 1 aliphatic carbocycles. The molecule has 4 nitrogen and oxygen atoms in total. The summed E-state index contributed by atoms with van der Waals surface area (Å²) in [6.07, 6.45) is 4.67. The van der Waals surface area contributed by atoms with Crippen molar-refractivity contribution in [3.8, 4) is 6.07 Å². The smallest absolute Gasteiger partial charge is 0.252 e. The van der Waals surface area contributed by atoms with E-state index >= 15 is 0 Å². The molecular weight excluding hydrogens is 250 g/mol. The van der Waals surface area contributed by atoms with E-state index in [1.54, 1.807) is 12.1 Å². The summed E-state index contributed by atoms with van der Waals surface area (Å²) in [7, 11) is 3.92. The zero-order chi connectivity index (χ0) is 14.6. The fourth-order valence-corrected chi connectivity index (χ4v) is 2.62. The second kappa shape index (κ2) is 5.96. The Bertz CT molecular complexity index is 508. The number of amides is 1. The third kappa shape index (κ3) is 3.11. The molecule has 0 unspecified atom stereocenters. The Morgan fingerprint density at radius 1 is 1.20 bits per heavy atom. The lowest BCUT2D eigenvalue weighted by molar-refractivity contribution is 0.0902. The van der Waals surface area contributed by atoms with E-state index in [1.807, 2.05) is 31.1 Å². The van der Waals surface area contributed by atoms with Crippen molar-refractivity contribution in [1.82, 2.24) is 5.32 Å². The molecule has 0 radical (unpaired) electrons. The zero-order valence-electron chi connectivity index (χ0n) is 12.1. The third-order valence-corrected chi connectivity index (χ3v) is 3.92. The molecule has 0 aliphatic heterocycles. The Hall–Kier alpha value is -2.02. The Labute approximate surface area is 120 Å². The highest BCUT2D eigenvalue weighted by atomic mass is 16.1. The molecule has 1 saturated carbocycles. The summed E-state index contributed by atoms with van der Waals surface area (Å²) in [5, 5.41) is 12.3. The molecule has 1 aliphatic rings. The minimum absolute atomic E-state index is 0.154. The molecule has 0 bridgehead atoms. The second-order valence-electron chi connectivity index (χ2n) is 5.65. The Morgan fingerprint density at radius 2 is 1.80 bits per heavy atom. The molecule has 0 saturated heterocycles. The first-order valence-electron chi connectivity index (χ1n) is 7.07. The minimum Gasteiger partial charge on any atom is -0.378 e. The number of hydrogen-bond acceptors (Lipinski definition) is 3. The summed E-state index contributed by atoms with van der Waals surface area (Å²) < 4.78 is 0. The molecule has 1 fully saturated rings. The summed E-state index contributed by atoms with van der Waals surface area (Å²) in [6.45, 7) is 0. The molecule has 1 N–H and O–H groups in total. The largest absolute Gasteiger partial charge is 0.378 e. The molecule has 20 heavy (non-hydrogen) atoms. The molecule has 2 rings (SSSR count). The molecule has 0 spiro atoms. The van der Waals surface area contributed by atoms with Crippen molar-refractivity contribution in [2.45, 2.75) is 37.6 Å². The van der Waals surface area contributed by atoms with Gasteiger partial charge in [0.1, 0.15) is 5.54 Å². The normalized spacial score (nSPS) is 17.1. The van der Waals surface area contributed by atoms with Crippen molar-refractivity contribution in [2.75, 3.05) is 19.0 Å². The lowest BCUT2D eigenvalue weighted by atomic mass is 9.82. The highest BCUT2D eigenvalue weighted by molar-refractivity contribution is 5.95. The third-order valence-electron chi connectivity index (χ3n) is 3.92. The number of carbonyl (C=O) groups excluding carboxylic acids is 1. The van der Waals surface area contributed by atoms with E-state index in [0.717, 1.165) is 37.8 Å². The Balaban J connectivity index is 2.09. The molecule has 4 heteroatoms. The van der Waals surface area contributed by atoms with Crippen molar-refractivity contribution >= 4 is 11.6 Å². The predicted molar refractivity (Wildman–Crippen MR) is 79.7 cm³/mol. The molecule has 0 heterocycles. The summed E-state index contributed by atoms with van der Waals surface area (Å²) in [4.78, 5) is 14.3. The van der Waals surface area contributed by atoms with Gasteiger partial charge < -0.3 is 10.2 Å². The first kappa shape index (κ1) is 14.4. The summed E-state index contributed by atoms with van der Waals surface area (Å²) >= 11 is 0. The fourth-order valence-electron chi connectivity index (χ4n) is 2.62. The zero-order valence-corrected chi connectivity index (χ0v) is 12.1. The van der Waals surface area contributed by atoms with E-state index in [-0.39, 0.29) is 5.91 Å². The summed E-state index contributed by atoms with van der Waals surface area (Å²) in [5.74, 6) is -0.154. The van der Waals surface area contributed by atoms with E-state index in [4.69, 9.17) is 0 Å². The van der Waals surface area contributed by atoms with Crippen LogP contribution in [0, 0.1) is 11.3 Å². The number of anilines is 1. The van der Waals surface area contributed by atoms with Crippen LogP contribution in [0.1, 0.15) is 42.5 Å². The molecule has 0 atom stereocenters. The molecular formula is C16H21N3O. The number of benzene rings is 1. The maximum atomic E-state index is 12.3. The van der Waals surface area contributed by atoms with Gasteiger partial charge in [-0.2, -0.15) is 5.26 Å². The Kier molecular flexibility index (Phi) is 4.29. The van der Waals surface area contributed by atoms with Crippen molar-refractivity contribution in [3.05, 3.63) is 29.8 Å². The molecule has 106 valence electrons. The van der Waals surface area contributed by atoms with Gasteiger partial charge in [0.2, 0.25) is 0 Å². The molecule has 1 amide bonds. The number of hydrogen-bond donors (Lipinski definition) is 1.